The first-order valence-corrected chi connectivity index (χ1v) is 3.96. The van der Waals surface area contributed by atoms with Crippen LogP contribution in [0.15, 0.2) is 24.3 Å². The maximum Gasteiger partial charge on any atom is 0.0578 e. The van der Waals surface area contributed by atoms with Crippen molar-refractivity contribution >= 4 is 11.4 Å². The van der Waals surface area contributed by atoms with Crippen molar-refractivity contribution in [2.24, 2.45) is 0 Å². The molecule has 2 rings (SSSR count). The monoisotopic (exact) mass is 148 g/mol. The van der Waals surface area contributed by atoms with Crippen LogP contribution in [0.25, 0.3) is 0 Å². The normalized spacial score (nSPS) is 21.4. The summed E-state index contributed by atoms with van der Waals surface area (Å²) in [6.45, 7) is 3.18. The third-order valence-corrected chi connectivity index (χ3v) is 1.93. The standard InChI is InChI=1S/C9H12N2/c1-7-6-10-8-4-2-3-5-9(8)11-7/h2-5,7,10-11H,6H2,1H3. The molecule has 2 nitrogen and oxygen atoms in total. The van der Waals surface area contributed by atoms with E-state index < -0.39 is 0 Å². The van der Waals surface area contributed by atoms with Crippen LogP contribution in [0.5, 0.6) is 0 Å². The van der Waals surface area contributed by atoms with E-state index in [1.54, 1.807) is 0 Å². The van der Waals surface area contributed by atoms with Crippen molar-refractivity contribution in [1.29, 1.82) is 0 Å². The molecule has 0 bridgehead atoms. The molecule has 0 aliphatic carbocycles. The first-order valence-electron chi connectivity index (χ1n) is 3.96. The summed E-state index contributed by atoms with van der Waals surface area (Å²) in [5.41, 5.74) is 2.43. The van der Waals surface area contributed by atoms with Crippen molar-refractivity contribution < 1.29 is 0 Å². The minimum absolute atomic E-state index is 0.532. The van der Waals surface area contributed by atoms with Gasteiger partial charge in [0.1, 0.15) is 0 Å². The van der Waals surface area contributed by atoms with Crippen LogP contribution >= 0.6 is 0 Å². The smallest absolute Gasteiger partial charge is 0.0578 e. The fourth-order valence-electron chi connectivity index (χ4n) is 1.34. The van der Waals surface area contributed by atoms with Gasteiger partial charge >= 0.3 is 0 Å². The number of rotatable bonds is 0. The SMILES string of the molecule is CC1CNc2ccccc2N1. The van der Waals surface area contributed by atoms with Crippen molar-refractivity contribution in [2.75, 3.05) is 17.2 Å². The van der Waals surface area contributed by atoms with Gasteiger partial charge in [-0.1, -0.05) is 12.1 Å². The van der Waals surface area contributed by atoms with Crippen LogP contribution in [0.4, 0.5) is 11.4 Å². The molecule has 1 heterocycles. The molecule has 0 fully saturated rings. The zero-order valence-electron chi connectivity index (χ0n) is 6.59. The second-order valence-electron chi connectivity index (χ2n) is 2.97. The van der Waals surface area contributed by atoms with E-state index in [0.717, 1.165) is 6.54 Å². The number of fused-ring (bicyclic) bond motifs is 1. The van der Waals surface area contributed by atoms with Crippen LogP contribution in [-0.4, -0.2) is 12.6 Å². The van der Waals surface area contributed by atoms with Crippen molar-refractivity contribution in [3.63, 3.8) is 0 Å². The summed E-state index contributed by atoms with van der Waals surface area (Å²) in [6, 6.07) is 8.81. The molecular weight excluding hydrogens is 136 g/mol. The predicted octanol–water partition coefficient (Wildman–Crippen LogP) is 1.91. The molecule has 1 aliphatic heterocycles. The van der Waals surface area contributed by atoms with Gasteiger partial charge in [-0.2, -0.15) is 0 Å². The van der Waals surface area contributed by atoms with Crippen molar-refractivity contribution in [3.8, 4) is 0 Å². The molecule has 0 saturated carbocycles. The highest BCUT2D eigenvalue weighted by molar-refractivity contribution is 5.70. The van der Waals surface area contributed by atoms with Gasteiger partial charge in [-0.3, -0.25) is 0 Å². The summed E-state index contributed by atoms with van der Waals surface area (Å²) in [6.07, 6.45) is 0. The first kappa shape index (κ1) is 6.53. The largest absolute Gasteiger partial charge is 0.381 e. The number of hydrogen-bond acceptors (Lipinski definition) is 2. The minimum atomic E-state index is 0.532. The lowest BCUT2D eigenvalue weighted by molar-refractivity contribution is 0.818. The fourth-order valence-corrected chi connectivity index (χ4v) is 1.34. The first-order chi connectivity index (χ1) is 5.36. The van der Waals surface area contributed by atoms with Crippen LogP contribution in [0, 0.1) is 0 Å². The molecule has 2 N–H and O–H groups in total. The molecule has 1 unspecified atom stereocenters. The van der Waals surface area contributed by atoms with Gasteiger partial charge in [0.25, 0.3) is 0 Å². The highest BCUT2D eigenvalue weighted by Gasteiger charge is 2.10. The van der Waals surface area contributed by atoms with Gasteiger partial charge in [0.05, 0.1) is 11.4 Å². The molecule has 1 aliphatic rings. The van der Waals surface area contributed by atoms with E-state index in [-0.39, 0.29) is 0 Å². The Kier molecular flexibility index (Phi) is 1.46. The van der Waals surface area contributed by atoms with Crippen LogP contribution in [-0.2, 0) is 0 Å². The number of anilines is 2. The van der Waals surface area contributed by atoms with E-state index in [1.165, 1.54) is 11.4 Å². The molecule has 0 saturated heterocycles. The lowest BCUT2D eigenvalue weighted by Crippen LogP contribution is -2.29. The Balaban J connectivity index is 2.34. The second-order valence-corrected chi connectivity index (χ2v) is 2.97. The Labute approximate surface area is 66.6 Å². The van der Waals surface area contributed by atoms with E-state index in [2.05, 4.69) is 29.7 Å². The third kappa shape index (κ3) is 1.16. The summed E-state index contributed by atoms with van der Waals surface area (Å²) < 4.78 is 0. The van der Waals surface area contributed by atoms with Crippen molar-refractivity contribution in [2.45, 2.75) is 13.0 Å². The summed E-state index contributed by atoms with van der Waals surface area (Å²) in [7, 11) is 0. The summed E-state index contributed by atoms with van der Waals surface area (Å²) in [4.78, 5) is 0. The molecule has 11 heavy (non-hydrogen) atoms. The maximum atomic E-state index is 3.40. The molecule has 58 valence electrons. The lowest BCUT2D eigenvalue weighted by atomic mass is 10.2. The van der Waals surface area contributed by atoms with E-state index >= 15 is 0 Å². The van der Waals surface area contributed by atoms with Crippen molar-refractivity contribution in [1.82, 2.24) is 0 Å². The van der Waals surface area contributed by atoms with Gasteiger partial charge in [-0.05, 0) is 19.1 Å². The van der Waals surface area contributed by atoms with E-state index in [0.29, 0.717) is 6.04 Å². The maximum absolute atomic E-state index is 3.40. The molecule has 0 aromatic heterocycles. The van der Waals surface area contributed by atoms with E-state index in [9.17, 15) is 0 Å². The average Bonchev–Trinajstić information content (AvgIpc) is 2.04. The average molecular weight is 148 g/mol. The Morgan fingerprint density at radius 3 is 2.82 bits per heavy atom. The summed E-state index contributed by atoms with van der Waals surface area (Å²) in [5, 5.41) is 6.75. The Bertz CT molecular complexity index is 257. The molecular formula is C9H12N2. The number of nitrogens with one attached hydrogen (secondary N) is 2. The quantitative estimate of drug-likeness (QED) is 0.587. The van der Waals surface area contributed by atoms with Crippen LogP contribution < -0.4 is 10.6 Å². The van der Waals surface area contributed by atoms with Crippen LogP contribution in [0.1, 0.15) is 6.92 Å². The number of benzene rings is 1. The number of para-hydroxylation sites is 2. The second kappa shape index (κ2) is 2.46. The molecule has 0 amide bonds. The third-order valence-electron chi connectivity index (χ3n) is 1.93. The number of hydrogen-bond donors (Lipinski definition) is 2. The lowest BCUT2D eigenvalue weighted by Gasteiger charge is -2.25. The van der Waals surface area contributed by atoms with Gasteiger partial charge in [-0.25, -0.2) is 0 Å². The van der Waals surface area contributed by atoms with Gasteiger partial charge < -0.3 is 10.6 Å². The predicted molar refractivity (Wildman–Crippen MR) is 48.0 cm³/mol. The topological polar surface area (TPSA) is 24.1 Å². The van der Waals surface area contributed by atoms with Gasteiger partial charge in [0.2, 0.25) is 0 Å². The Morgan fingerprint density at radius 1 is 1.27 bits per heavy atom. The minimum Gasteiger partial charge on any atom is -0.381 e. The zero-order valence-corrected chi connectivity index (χ0v) is 6.59. The molecule has 1 atom stereocenters. The van der Waals surface area contributed by atoms with Gasteiger partial charge in [0, 0.05) is 12.6 Å². The van der Waals surface area contributed by atoms with Gasteiger partial charge in [0.15, 0.2) is 0 Å². The van der Waals surface area contributed by atoms with Crippen LogP contribution in [0.2, 0.25) is 0 Å². The zero-order chi connectivity index (χ0) is 7.68. The van der Waals surface area contributed by atoms with Gasteiger partial charge in [-0.15, -0.1) is 0 Å². The fraction of sp³-hybridized carbons (Fsp3) is 0.333. The molecule has 0 spiro atoms. The van der Waals surface area contributed by atoms with E-state index in [1.807, 2.05) is 12.1 Å². The highest BCUT2D eigenvalue weighted by atomic mass is 15.1. The van der Waals surface area contributed by atoms with Crippen molar-refractivity contribution in [3.05, 3.63) is 24.3 Å². The molecule has 0 radical (unpaired) electrons. The van der Waals surface area contributed by atoms with E-state index in [4.69, 9.17) is 0 Å². The molecule has 1 aromatic rings. The summed E-state index contributed by atoms with van der Waals surface area (Å²) >= 11 is 0. The molecule has 2 heteroatoms. The highest BCUT2D eigenvalue weighted by Crippen LogP contribution is 2.24. The summed E-state index contributed by atoms with van der Waals surface area (Å²) in [5.74, 6) is 0. The Hall–Kier alpha value is -1.18. The van der Waals surface area contributed by atoms with Crippen LogP contribution in [0.3, 0.4) is 0 Å². The Morgan fingerprint density at radius 2 is 2.00 bits per heavy atom. The molecule has 1 aromatic carbocycles.